The Balaban J connectivity index is 2.88. The van der Waals surface area contributed by atoms with E-state index in [2.05, 4.69) is 0 Å². The molecule has 6 heteroatoms. The van der Waals surface area contributed by atoms with Crippen LogP contribution < -0.4 is 0 Å². The summed E-state index contributed by atoms with van der Waals surface area (Å²) in [5, 5.41) is 8.59. The second kappa shape index (κ2) is 6.98. The average molecular weight is 285 g/mol. The van der Waals surface area contributed by atoms with E-state index in [1.165, 1.54) is 17.0 Å². The van der Waals surface area contributed by atoms with Crippen molar-refractivity contribution in [2.24, 2.45) is 0 Å². The minimum atomic E-state index is -1.18. The van der Waals surface area contributed by atoms with Crippen molar-refractivity contribution in [3.8, 4) is 0 Å². The minimum Gasteiger partial charge on any atom is -0.481 e. The Kier molecular flexibility index (Phi) is 5.61. The number of hydrogen-bond donors (Lipinski definition) is 1. The number of hydrogen-bond acceptors (Lipinski definition) is 2. The molecule has 0 unspecified atom stereocenters. The number of rotatable bonds is 6. The van der Waals surface area contributed by atoms with E-state index in [0.29, 0.717) is 0 Å². The Morgan fingerprint density at radius 2 is 1.95 bits per heavy atom. The summed E-state index contributed by atoms with van der Waals surface area (Å²) in [5.41, 5.74) is -0.339. The fraction of sp³-hybridized carbons (Fsp3) is 0.429. The zero-order valence-corrected chi connectivity index (χ0v) is 11.4. The van der Waals surface area contributed by atoms with Crippen LogP contribution in [0.25, 0.3) is 0 Å². The lowest BCUT2D eigenvalue weighted by molar-refractivity contribution is -0.137. The van der Waals surface area contributed by atoms with Crippen LogP contribution >= 0.6 is 0 Å². The van der Waals surface area contributed by atoms with Crippen molar-refractivity contribution < 1.29 is 23.5 Å². The number of carboxylic acid groups (broad SMARTS) is 1. The summed E-state index contributed by atoms with van der Waals surface area (Å²) < 4.78 is 26.7. The Hall–Kier alpha value is -1.98. The highest BCUT2D eigenvalue weighted by Gasteiger charge is 2.23. The van der Waals surface area contributed by atoms with Crippen LogP contribution in [0.3, 0.4) is 0 Å². The van der Waals surface area contributed by atoms with Crippen molar-refractivity contribution in [3.63, 3.8) is 0 Å². The molecule has 20 heavy (non-hydrogen) atoms. The number of carbonyl (C=O) groups excluding carboxylic acids is 1. The maximum Gasteiger partial charge on any atom is 0.303 e. The number of carbonyl (C=O) groups is 2. The van der Waals surface area contributed by atoms with Gasteiger partial charge in [-0.1, -0.05) is 6.07 Å². The number of nitrogens with zero attached hydrogens (tertiary/aromatic N) is 1. The SMILES string of the molecule is CC(C)N(CCCC(=O)O)C(=O)c1cccc(F)c1F. The minimum absolute atomic E-state index is 0.0812. The number of amides is 1. The molecule has 1 N–H and O–H groups in total. The van der Waals surface area contributed by atoms with E-state index in [-0.39, 0.29) is 31.0 Å². The monoisotopic (exact) mass is 285 g/mol. The van der Waals surface area contributed by atoms with Gasteiger partial charge in [0.2, 0.25) is 0 Å². The molecule has 0 aliphatic carbocycles. The molecule has 1 aromatic rings. The molecule has 0 spiro atoms. The molecule has 0 aliphatic heterocycles. The molecule has 1 aromatic carbocycles. The van der Waals surface area contributed by atoms with E-state index in [1.807, 2.05) is 0 Å². The van der Waals surface area contributed by atoms with Crippen molar-refractivity contribution in [2.75, 3.05) is 6.54 Å². The third-order valence-corrected chi connectivity index (χ3v) is 2.86. The molecule has 0 aromatic heterocycles. The highest BCUT2D eigenvalue weighted by molar-refractivity contribution is 5.94. The highest BCUT2D eigenvalue weighted by Crippen LogP contribution is 2.16. The summed E-state index contributed by atoms with van der Waals surface area (Å²) in [7, 11) is 0. The van der Waals surface area contributed by atoms with Crippen LogP contribution in [-0.2, 0) is 4.79 Å². The lowest BCUT2D eigenvalue weighted by Crippen LogP contribution is -2.38. The van der Waals surface area contributed by atoms with Gasteiger partial charge in [-0.15, -0.1) is 0 Å². The van der Waals surface area contributed by atoms with E-state index in [9.17, 15) is 18.4 Å². The van der Waals surface area contributed by atoms with Gasteiger partial charge in [-0.25, -0.2) is 8.78 Å². The van der Waals surface area contributed by atoms with Gasteiger partial charge in [-0.2, -0.15) is 0 Å². The molecule has 1 amide bonds. The molecular formula is C14H17F2NO3. The summed E-state index contributed by atoms with van der Waals surface area (Å²) in [6, 6.07) is 3.18. The van der Waals surface area contributed by atoms with Crippen LogP contribution in [0, 0.1) is 11.6 Å². The predicted octanol–water partition coefficient (Wildman–Crippen LogP) is 2.68. The lowest BCUT2D eigenvalue weighted by atomic mass is 10.1. The van der Waals surface area contributed by atoms with E-state index in [4.69, 9.17) is 5.11 Å². The predicted molar refractivity (Wildman–Crippen MR) is 69.4 cm³/mol. The highest BCUT2D eigenvalue weighted by atomic mass is 19.2. The van der Waals surface area contributed by atoms with Crippen LogP contribution in [0.1, 0.15) is 37.0 Å². The van der Waals surface area contributed by atoms with Gasteiger partial charge in [0.05, 0.1) is 5.56 Å². The van der Waals surface area contributed by atoms with Crippen LogP contribution in [0.15, 0.2) is 18.2 Å². The number of aliphatic carboxylic acids is 1. The van der Waals surface area contributed by atoms with Crippen molar-refractivity contribution in [1.29, 1.82) is 0 Å². The third-order valence-electron chi connectivity index (χ3n) is 2.86. The third kappa shape index (κ3) is 4.01. The van der Waals surface area contributed by atoms with Crippen molar-refractivity contribution in [1.82, 2.24) is 4.90 Å². The molecule has 1 rings (SSSR count). The van der Waals surface area contributed by atoms with Crippen molar-refractivity contribution in [3.05, 3.63) is 35.4 Å². The van der Waals surface area contributed by atoms with Crippen molar-refractivity contribution in [2.45, 2.75) is 32.7 Å². The van der Waals surface area contributed by atoms with Gasteiger partial charge in [-0.05, 0) is 32.4 Å². The average Bonchev–Trinajstić information content (AvgIpc) is 2.36. The van der Waals surface area contributed by atoms with E-state index >= 15 is 0 Å². The molecule has 0 fully saturated rings. The summed E-state index contributed by atoms with van der Waals surface area (Å²) in [4.78, 5) is 24.0. The second-order valence-corrected chi connectivity index (χ2v) is 4.69. The first kappa shape index (κ1) is 16.1. The van der Waals surface area contributed by atoms with Gasteiger partial charge < -0.3 is 10.0 Å². The first-order chi connectivity index (χ1) is 9.34. The molecule has 0 aliphatic rings. The summed E-state index contributed by atoms with van der Waals surface area (Å²) >= 11 is 0. The molecule has 0 saturated carbocycles. The van der Waals surface area contributed by atoms with E-state index in [1.54, 1.807) is 13.8 Å². The molecule has 0 atom stereocenters. The molecule has 0 bridgehead atoms. The van der Waals surface area contributed by atoms with E-state index in [0.717, 1.165) is 6.07 Å². The zero-order valence-electron chi connectivity index (χ0n) is 11.4. The molecule has 0 saturated heterocycles. The molecule has 110 valence electrons. The topological polar surface area (TPSA) is 57.6 Å². The zero-order chi connectivity index (χ0) is 15.3. The van der Waals surface area contributed by atoms with Gasteiger partial charge in [0.25, 0.3) is 5.91 Å². The van der Waals surface area contributed by atoms with Gasteiger partial charge in [0, 0.05) is 19.0 Å². The maximum absolute atomic E-state index is 13.6. The second-order valence-electron chi connectivity index (χ2n) is 4.69. The fourth-order valence-electron chi connectivity index (χ4n) is 1.82. The van der Waals surface area contributed by atoms with Crippen LogP contribution in [-0.4, -0.2) is 34.5 Å². The van der Waals surface area contributed by atoms with Crippen LogP contribution in [0.2, 0.25) is 0 Å². The maximum atomic E-state index is 13.6. The summed E-state index contributed by atoms with van der Waals surface area (Å²) in [6.45, 7) is 3.64. The first-order valence-electron chi connectivity index (χ1n) is 6.31. The van der Waals surface area contributed by atoms with E-state index < -0.39 is 23.5 Å². The fourth-order valence-corrected chi connectivity index (χ4v) is 1.82. The normalized spacial score (nSPS) is 10.7. The smallest absolute Gasteiger partial charge is 0.303 e. The Bertz CT molecular complexity index is 503. The first-order valence-corrected chi connectivity index (χ1v) is 6.31. The summed E-state index contributed by atoms with van der Waals surface area (Å²) in [5.74, 6) is -3.85. The van der Waals surface area contributed by atoms with Gasteiger partial charge >= 0.3 is 5.97 Å². The standard InChI is InChI=1S/C14H17F2NO3/c1-9(2)17(8-4-7-12(18)19)14(20)10-5-3-6-11(15)13(10)16/h3,5-6,9H,4,7-8H2,1-2H3,(H,18,19). The van der Waals surface area contributed by atoms with Gasteiger partial charge in [0.1, 0.15) is 0 Å². The lowest BCUT2D eigenvalue weighted by Gasteiger charge is -2.26. The quantitative estimate of drug-likeness (QED) is 0.874. The molecular weight excluding hydrogens is 268 g/mol. The largest absolute Gasteiger partial charge is 0.481 e. The van der Waals surface area contributed by atoms with Gasteiger partial charge in [0.15, 0.2) is 11.6 Å². The molecule has 0 heterocycles. The van der Waals surface area contributed by atoms with Crippen LogP contribution in [0.4, 0.5) is 8.78 Å². The Labute approximate surface area is 116 Å². The molecule has 0 radical (unpaired) electrons. The Morgan fingerprint density at radius 3 is 2.50 bits per heavy atom. The van der Waals surface area contributed by atoms with Crippen molar-refractivity contribution >= 4 is 11.9 Å². The number of benzene rings is 1. The summed E-state index contributed by atoms with van der Waals surface area (Å²) in [6.07, 6.45) is 0.179. The number of carboxylic acids is 1. The Morgan fingerprint density at radius 1 is 1.30 bits per heavy atom. The number of halogens is 2. The molecule has 4 nitrogen and oxygen atoms in total. The van der Waals surface area contributed by atoms with Crippen LogP contribution in [0.5, 0.6) is 0 Å². The van der Waals surface area contributed by atoms with Gasteiger partial charge in [-0.3, -0.25) is 9.59 Å².